The first-order valence-electron chi connectivity index (χ1n) is 11.7. The number of carbonyl (C=O) groups is 2. The second kappa shape index (κ2) is 9.99. The van der Waals surface area contributed by atoms with Gasteiger partial charge in [0.25, 0.3) is 11.7 Å². The van der Waals surface area contributed by atoms with Gasteiger partial charge in [-0.15, -0.1) is 0 Å². The predicted molar refractivity (Wildman–Crippen MR) is 132 cm³/mol. The number of furan rings is 1. The van der Waals surface area contributed by atoms with Gasteiger partial charge in [0.05, 0.1) is 13.2 Å². The molecule has 2 heterocycles. The number of ether oxygens (including phenoxy) is 2. The van der Waals surface area contributed by atoms with Gasteiger partial charge in [-0.1, -0.05) is 45.0 Å². The molecule has 0 atom stereocenters. The van der Waals surface area contributed by atoms with E-state index in [1.807, 2.05) is 57.2 Å². The zero-order valence-electron chi connectivity index (χ0n) is 20.3. The first-order chi connectivity index (χ1) is 16.2. The van der Waals surface area contributed by atoms with Crippen LogP contribution in [0.3, 0.4) is 0 Å². The number of benzene rings is 2. The molecule has 7 nitrogen and oxygen atoms in total. The SMILES string of the molecule is Cc1cc(C(C)(C)C)oc1C(=O)C(=O)Nc1ccc(OCCN2CCOCC2)c2ccccc12. The van der Waals surface area contributed by atoms with Crippen molar-refractivity contribution >= 4 is 28.2 Å². The number of amides is 1. The Kier molecular flexibility index (Phi) is 7.05. The first-order valence-corrected chi connectivity index (χ1v) is 11.7. The smallest absolute Gasteiger partial charge is 0.300 e. The van der Waals surface area contributed by atoms with E-state index in [9.17, 15) is 9.59 Å². The molecule has 1 aromatic heterocycles. The van der Waals surface area contributed by atoms with Crippen LogP contribution in [0.15, 0.2) is 46.9 Å². The minimum absolute atomic E-state index is 0.0785. The van der Waals surface area contributed by atoms with Crippen LogP contribution >= 0.6 is 0 Å². The molecule has 4 rings (SSSR count). The molecule has 3 aromatic rings. The van der Waals surface area contributed by atoms with Crippen LogP contribution in [0, 0.1) is 6.92 Å². The Bertz CT molecular complexity index is 1190. The van der Waals surface area contributed by atoms with Gasteiger partial charge >= 0.3 is 0 Å². The Morgan fingerprint density at radius 1 is 1.06 bits per heavy atom. The molecule has 0 unspecified atom stereocenters. The molecule has 0 radical (unpaired) electrons. The number of fused-ring (bicyclic) bond motifs is 1. The fourth-order valence-electron chi connectivity index (χ4n) is 3.98. The number of Topliss-reactive ketones (excluding diaryl/α,β-unsaturated/α-hetero) is 1. The van der Waals surface area contributed by atoms with E-state index in [4.69, 9.17) is 13.9 Å². The van der Waals surface area contributed by atoms with Crippen molar-refractivity contribution in [2.75, 3.05) is 44.8 Å². The highest BCUT2D eigenvalue weighted by Gasteiger charge is 2.27. The van der Waals surface area contributed by atoms with Gasteiger partial charge in [-0.3, -0.25) is 14.5 Å². The number of hydrogen-bond donors (Lipinski definition) is 1. The highest BCUT2D eigenvalue weighted by molar-refractivity contribution is 6.46. The third kappa shape index (κ3) is 5.32. The van der Waals surface area contributed by atoms with E-state index in [1.54, 1.807) is 13.0 Å². The van der Waals surface area contributed by atoms with Crippen molar-refractivity contribution in [3.63, 3.8) is 0 Å². The molecule has 34 heavy (non-hydrogen) atoms. The molecule has 1 N–H and O–H groups in total. The fourth-order valence-corrected chi connectivity index (χ4v) is 3.98. The summed E-state index contributed by atoms with van der Waals surface area (Å²) in [4.78, 5) is 28.0. The minimum atomic E-state index is -0.732. The monoisotopic (exact) mass is 464 g/mol. The maximum atomic E-state index is 12.9. The van der Waals surface area contributed by atoms with Crippen LogP contribution in [0.5, 0.6) is 5.75 Å². The van der Waals surface area contributed by atoms with E-state index in [0.717, 1.165) is 49.4 Å². The van der Waals surface area contributed by atoms with E-state index in [0.29, 0.717) is 23.6 Å². The number of carbonyl (C=O) groups excluding carboxylic acids is 2. The molecule has 180 valence electrons. The first kappa shape index (κ1) is 24.0. The average Bonchev–Trinajstić information content (AvgIpc) is 3.22. The highest BCUT2D eigenvalue weighted by Crippen LogP contribution is 2.32. The molecule has 1 aliphatic rings. The number of anilines is 1. The molecule has 0 saturated carbocycles. The van der Waals surface area contributed by atoms with Gasteiger partial charge in [-0.2, -0.15) is 0 Å². The summed E-state index contributed by atoms with van der Waals surface area (Å²) >= 11 is 0. The van der Waals surface area contributed by atoms with Crippen molar-refractivity contribution in [1.82, 2.24) is 4.90 Å². The molecule has 0 aliphatic carbocycles. The lowest BCUT2D eigenvalue weighted by molar-refractivity contribution is -0.112. The zero-order chi connectivity index (χ0) is 24.3. The maximum Gasteiger partial charge on any atom is 0.300 e. The summed E-state index contributed by atoms with van der Waals surface area (Å²) in [5, 5.41) is 4.45. The molecule has 1 fully saturated rings. The number of nitrogens with zero attached hydrogens (tertiary/aromatic N) is 1. The van der Waals surface area contributed by atoms with Gasteiger partial charge in [0.2, 0.25) is 0 Å². The van der Waals surface area contributed by atoms with Gasteiger partial charge in [-0.25, -0.2) is 0 Å². The van der Waals surface area contributed by atoms with E-state index in [-0.39, 0.29) is 11.2 Å². The molecule has 1 amide bonds. The summed E-state index contributed by atoms with van der Waals surface area (Å²) in [6.45, 7) is 12.5. The number of nitrogens with one attached hydrogen (secondary N) is 1. The van der Waals surface area contributed by atoms with Crippen molar-refractivity contribution in [3.8, 4) is 5.75 Å². The largest absolute Gasteiger partial charge is 0.492 e. The van der Waals surface area contributed by atoms with Crippen LogP contribution in [0.1, 0.15) is 42.6 Å². The third-order valence-electron chi connectivity index (χ3n) is 5.97. The van der Waals surface area contributed by atoms with E-state index in [1.165, 1.54) is 0 Å². The Morgan fingerprint density at radius 2 is 1.76 bits per heavy atom. The number of ketones is 1. The molecule has 0 bridgehead atoms. The van der Waals surface area contributed by atoms with E-state index >= 15 is 0 Å². The quantitative estimate of drug-likeness (QED) is 0.408. The molecular formula is C27H32N2O5. The molecule has 2 aromatic carbocycles. The number of morpholine rings is 1. The molecule has 0 spiro atoms. The average molecular weight is 465 g/mol. The topological polar surface area (TPSA) is 81.0 Å². The van der Waals surface area contributed by atoms with Crippen molar-refractivity contribution in [1.29, 1.82) is 0 Å². The van der Waals surface area contributed by atoms with Crippen LogP contribution in [0.2, 0.25) is 0 Å². The van der Waals surface area contributed by atoms with E-state index < -0.39 is 11.7 Å². The fraction of sp³-hybridized carbons (Fsp3) is 0.407. The van der Waals surface area contributed by atoms with Crippen molar-refractivity contribution < 1.29 is 23.5 Å². The number of rotatable bonds is 7. The van der Waals surface area contributed by atoms with Crippen LogP contribution in [-0.4, -0.2) is 56.0 Å². The van der Waals surface area contributed by atoms with Crippen LogP contribution in [-0.2, 0) is 14.9 Å². The third-order valence-corrected chi connectivity index (χ3v) is 5.97. The lowest BCUT2D eigenvalue weighted by atomic mass is 9.93. The second-order valence-corrected chi connectivity index (χ2v) is 9.62. The summed E-state index contributed by atoms with van der Waals surface area (Å²) < 4.78 is 17.2. The Hall–Kier alpha value is -3.16. The summed E-state index contributed by atoms with van der Waals surface area (Å²) in [5.74, 6) is 0.0665. The van der Waals surface area contributed by atoms with Crippen LogP contribution in [0.25, 0.3) is 10.8 Å². The molecular weight excluding hydrogens is 432 g/mol. The molecule has 7 heteroatoms. The van der Waals surface area contributed by atoms with Gasteiger partial charge in [-0.05, 0) is 30.7 Å². The summed E-state index contributed by atoms with van der Waals surface area (Å²) in [6, 6.07) is 13.1. The standard InChI is InChI=1S/C27H32N2O5/c1-18-17-23(27(2,3)4)34-25(18)24(30)26(31)28-21-9-10-22(20-8-6-5-7-19(20)21)33-16-13-29-11-14-32-15-12-29/h5-10,17H,11-16H2,1-4H3,(H,28,31). The van der Waals surface area contributed by atoms with Gasteiger partial charge < -0.3 is 19.2 Å². The Labute approximate surface area is 200 Å². The van der Waals surface area contributed by atoms with Gasteiger partial charge in [0, 0.05) is 41.5 Å². The predicted octanol–water partition coefficient (Wildman–Crippen LogP) is 4.57. The maximum absolute atomic E-state index is 12.9. The Balaban J connectivity index is 1.49. The molecule has 1 aliphatic heterocycles. The lowest BCUT2D eigenvalue weighted by Gasteiger charge is -2.26. The number of aryl methyl sites for hydroxylation is 1. The van der Waals surface area contributed by atoms with Gasteiger partial charge in [0.15, 0.2) is 5.76 Å². The number of hydrogen-bond acceptors (Lipinski definition) is 6. The lowest BCUT2D eigenvalue weighted by Crippen LogP contribution is -2.38. The second-order valence-electron chi connectivity index (χ2n) is 9.62. The van der Waals surface area contributed by atoms with Gasteiger partial charge in [0.1, 0.15) is 18.1 Å². The van der Waals surface area contributed by atoms with Crippen molar-refractivity contribution in [3.05, 3.63) is 59.5 Å². The normalized spacial score (nSPS) is 14.8. The summed E-state index contributed by atoms with van der Waals surface area (Å²) in [5.41, 5.74) is 0.946. The summed E-state index contributed by atoms with van der Waals surface area (Å²) in [6.07, 6.45) is 0. The van der Waals surface area contributed by atoms with Crippen molar-refractivity contribution in [2.24, 2.45) is 0 Å². The van der Waals surface area contributed by atoms with Crippen LogP contribution < -0.4 is 10.1 Å². The Morgan fingerprint density at radius 3 is 2.44 bits per heavy atom. The highest BCUT2D eigenvalue weighted by atomic mass is 16.5. The van der Waals surface area contributed by atoms with E-state index in [2.05, 4.69) is 10.2 Å². The zero-order valence-corrected chi connectivity index (χ0v) is 20.3. The minimum Gasteiger partial charge on any atom is -0.492 e. The van der Waals surface area contributed by atoms with Crippen LogP contribution in [0.4, 0.5) is 5.69 Å². The summed E-state index contributed by atoms with van der Waals surface area (Å²) in [7, 11) is 0. The van der Waals surface area contributed by atoms with Crippen molar-refractivity contribution in [2.45, 2.75) is 33.1 Å². The molecule has 1 saturated heterocycles.